The van der Waals surface area contributed by atoms with Gasteiger partial charge in [-0.25, -0.2) is 0 Å². The molecule has 1 aliphatic heterocycles. The van der Waals surface area contributed by atoms with Gasteiger partial charge in [-0.15, -0.1) is 0 Å². The summed E-state index contributed by atoms with van der Waals surface area (Å²) in [6, 6.07) is 0.339. The Hall–Kier alpha value is -0.0800. The number of hydrogen-bond acceptors (Lipinski definition) is 2. The summed E-state index contributed by atoms with van der Waals surface area (Å²) in [6.45, 7) is 8.74. The average Bonchev–Trinajstić information content (AvgIpc) is 2.01. The van der Waals surface area contributed by atoms with Crippen molar-refractivity contribution in [2.45, 2.75) is 58.2 Å². The average molecular weight is 185 g/mol. The maximum Gasteiger partial charge on any atom is 0.0667 e. The minimum absolute atomic E-state index is 0.211. The van der Waals surface area contributed by atoms with Crippen molar-refractivity contribution in [2.75, 3.05) is 7.05 Å². The zero-order valence-electron chi connectivity index (χ0n) is 9.54. The lowest BCUT2D eigenvalue weighted by Crippen LogP contribution is -2.58. The normalized spacial score (nSPS) is 37.4. The molecule has 1 N–H and O–H groups in total. The number of nitrogens with zero attached hydrogens (tertiary/aromatic N) is 1. The molecule has 1 saturated heterocycles. The monoisotopic (exact) mass is 185 g/mol. The summed E-state index contributed by atoms with van der Waals surface area (Å²) in [5, 5.41) is 9.62. The van der Waals surface area contributed by atoms with Gasteiger partial charge < -0.3 is 5.11 Å². The van der Waals surface area contributed by atoms with Crippen LogP contribution in [0.2, 0.25) is 0 Å². The topological polar surface area (TPSA) is 23.5 Å². The zero-order valence-corrected chi connectivity index (χ0v) is 9.54. The highest BCUT2D eigenvalue weighted by Crippen LogP contribution is 2.35. The third-order valence-corrected chi connectivity index (χ3v) is 4.06. The van der Waals surface area contributed by atoms with Crippen molar-refractivity contribution < 1.29 is 5.11 Å². The quantitative estimate of drug-likeness (QED) is 0.674. The molecule has 3 unspecified atom stereocenters. The van der Waals surface area contributed by atoms with Gasteiger partial charge in [-0.05, 0) is 46.6 Å². The first-order chi connectivity index (χ1) is 5.87. The van der Waals surface area contributed by atoms with E-state index in [1.807, 2.05) is 6.92 Å². The Kier molecular flexibility index (Phi) is 3.03. The summed E-state index contributed by atoms with van der Waals surface area (Å²) in [6.07, 6.45) is 2.14. The maximum atomic E-state index is 9.62. The van der Waals surface area contributed by atoms with Gasteiger partial charge in [0.2, 0.25) is 0 Å². The molecule has 78 valence electrons. The number of likely N-dealkylation sites (tertiary alicyclic amines) is 1. The first-order valence-electron chi connectivity index (χ1n) is 5.28. The van der Waals surface area contributed by atoms with Crippen molar-refractivity contribution in [1.82, 2.24) is 4.90 Å². The first-order valence-corrected chi connectivity index (χ1v) is 5.28. The third-order valence-electron chi connectivity index (χ3n) is 4.06. The summed E-state index contributed by atoms with van der Waals surface area (Å²) in [5.41, 5.74) is 0.222. The second-order valence-corrected chi connectivity index (χ2v) is 5.05. The number of aliphatic hydroxyl groups excluding tert-OH is 1. The minimum atomic E-state index is -0.211. The molecule has 13 heavy (non-hydrogen) atoms. The number of aliphatic hydroxyl groups is 1. The van der Waals surface area contributed by atoms with E-state index >= 15 is 0 Å². The van der Waals surface area contributed by atoms with Crippen LogP contribution in [0.15, 0.2) is 0 Å². The van der Waals surface area contributed by atoms with E-state index in [-0.39, 0.29) is 11.6 Å². The van der Waals surface area contributed by atoms with Crippen LogP contribution in [0.3, 0.4) is 0 Å². The molecular formula is C11H23NO. The van der Waals surface area contributed by atoms with E-state index < -0.39 is 0 Å². The molecule has 0 aromatic rings. The molecule has 2 heteroatoms. The van der Waals surface area contributed by atoms with Crippen molar-refractivity contribution in [3.8, 4) is 0 Å². The fourth-order valence-electron chi connectivity index (χ4n) is 2.31. The van der Waals surface area contributed by atoms with Crippen molar-refractivity contribution in [1.29, 1.82) is 0 Å². The SMILES string of the molecule is CC(O)C1CCC(C)C(C)(C)N1C. The highest BCUT2D eigenvalue weighted by Gasteiger charge is 2.40. The largest absolute Gasteiger partial charge is 0.392 e. The molecular weight excluding hydrogens is 162 g/mol. The highest BCUT2D eigenvalue weighted by atomic mass is 16.3. The van der Waals surface area contributed by atoms with Gasteiger partial charge >= 0.3 is 0 Å². The predicted molar refractivity (Wildman–Crippen MR) is 55.7 cm³/mol. The van der Waals surface area contributed by atoms with E-state index in [1.54, 1.807) is 0 Å². The van der Waals surface area contributed by atoms with E-state index in [2.05, 4.69) is 32.7 Å². The Labute approximate surface area is 81.9 Å². The number of hydrogen-bond donors (Lipinski definition) is 1. The van der Waals surface area contributed by atoms with Gasteiger partial charge in [0, 0.05) is 11.6 Å². The van der Waals surface area contributed by atoms with Crippen molar-refractivity contribution in [3.05, 3.63) is 0 Å². The maximum absolute atomic E-state index is 9.62. The van der Waals surface area contributed by atoms with Gasteiger partial charge in [0.05, 0.1) is 6.10 Å². The van der Waals surface area contributed by atoms with Gasteiger partial charge in [0.1, 0.15) is 0 Å². The van der Waals surface area contributed by atoms with Gasteiger partial charge in [-0.2, -0.15) is 0 Å². The van der Waals surface area contributed by atoms with Crippen LogP contribution < -0.4 is 0 Å². The summed E-state index contributed by atoms with van der Waals surface area (Å²) >= 11 is 0. The minimum Gasteiger partial charge on any atom is -0.392 e. The number of likely N-dealkylation sites (N-methyl/N-ethyl adjacent to an activating group) is 1. The van der Waals surface area contributed by atoms with Crippen LogP contribution >= 0.6 is 0 Å². The van der Waals surface area contributed by atoms with Crippen molar-refractivity contribution >= 4 is 0 Å². The Balaban J connectivity index is 2.76. The van der Waals surface area contributed by atoms with Crippen LogP contribution in [0.4, 0.5) is 0 Å². The smallest absolute Gasteiger partial charge is 0.0667 e. The van der Waals surface area contributed by atoms with E-state index in [0.29, 0.717) is 12.0 Å². The Morgan fingerprint density at radius 1 is 1.38 bits per heavy atom. The van der Waals surface area contributed by atoms with Crippen LogP contribution in [-0.4, -0.2) is 34.7 Å². The summed E-state index contributed by atoms with van der Waals surface area (Å²) < 4.78 is 0. The van der Waals surface area contributed by atoms with Gasteiger partial charge in [-0.1, -0.05) is 6.92 Å². The van der Waals surface area contributed by atoms with Gasteiger partial charge in [-0.3, -0.25) is 4.90 Å². The number of piperidine rings is 1. The molecule has 0 aromatic carbocycles. The van der Waals surface area contributed by atoms with Crippen LogP contribution in [0, 0.1) is 5.92 Å². The Morgan fingerprint density at radius 2 is 1.92 bits per heavy atom. The molecule has 2 nitrogen and oxygen atoms in total. The molecule has 1 aliphatic rings. The number of rotatable bonds is 1. The van der Waals surface area contributed by atoms with E-state index in [4.69, 9.17) is 0 Å². The van der Waals surface area contributed by atoms with E-state index in [9.17, 15) is 5.11 Å². The molecule has 0 spiro atoms. The van der Waals surface area contributed by atoms with Gasteiger partial charge in [0.15, 0.2) is 0 Å². The molecule has 3 atom stereocenters. The standard InChI is InChI=1S/C11H23NO/c1-8-6-7-10(9(2)13)12(5)11(8,3)4/h8-10,13H,6-7H2,1-5H3. The lowest BCUT2D eigenvalue weighted by molar-refractivity contribution is -0.0428. The van der Waals surface area contributed by atoms with Crippen molar-refractivity contribution in [3.63, 3.8) is 0 Å². The predicted octanol–water partition coefficient (Wildman–Crippen LogP) is 1.88. The first kappa shape index (κ1) is 11.0. The van der Waals surface area contributed by atoms with E-state index in [0.717, 1.165) is 6.42 Å². The second-order valence-electron chi connectivity index (χ2n) is 5.05. The molecule has 0 radical (unpaired) electrons. The molecule has 0 saturated carbocycles. The van der Waals surface area contributed by atoms with E-state index in [1.165, 1.54) is 6.42 Å². The molecule has 1 rings (SSSR count). The second kappa shape index (κ2) is 3.58. The molecule has 0 aromatic heterocycles. The van der Waals surface area contributed by atoms with Crippen molar-refractivity contribution in [2.24, 2.45) is 5.92 Å². The Morgan fingerprint density at radius 3 is 2.38 bits per heavy atom. The van der Waals surface area contributed by atoms with Gasteiger partial charge in [0.25, 0.3) is 0 Å². The summed E-state index contributed by atoms with van der Waals surface area (Å²) in [4.78, 5) is 2.34. The zero-order chi connectivity index (χ0) is 10.2. The molecule has 0 amide bonds. The third kappa shape index (κ3) is 1.89. The molecule has 1 fully saturated rings. The van der Waals surface area contributed by atoms with Crippen LogP contribution in [0.25, 0.3) is 0 Å². The lowest BCUT2D eigenvalue weighted by Gasteiger charge is -2.50. The summed E-state index contributed by atoms with van der Waals surface area (Å²) in [5.74, 6) is 0.715. The fourth-order valence-corrected chi connectivity index (χ4v) is 2.31. The lowest BCUT2D eigenvalue weighted by atomic mass is 9.77. The molecule has 0 aliphatic carbocycles. The summed E-state index contributed by atoms with van der Waals surface area (Å²) in [7, 11) is 2.13. The highest BCUT2D eigenvalue weighted by molar-refractivity contribution is 4.95. The molecule has 0 bridgehead atoms. The van der Waals surface area contributed by atoms with Crippen LogP contribution in [0.5, 0.6) is 0 Å². The van der Waals surface area contributed by atoms with Crippen LogP contribution in [-0.2, 0) is 0 Å². The van der Waals surface area contributed by atoms with Crippen LogP contribution in [0.1, 0.15) is 40.5 Å². The fraction of sp³-hybridized carbons (Fsp3) is 1.00. The molecule has 1 heterocycles. The Bertz CT molecular complexity index is 177.